The fourth-order valence-electron chi connectivity index (χ4n) is 3.87. The minimum absolute atomic E-state index is 0.970. The summed E-state index contributed by atoms with van der Waals surface area (Å²) in [6, 6.07) is 23.9. The van der Waals surface area contributed by atoms with Crippen LogP contribution in [0.2, 0.25) is 0 Å². The van der Waals surface area contributed by atoms with E-state index >= 15 is 0 Å². The highest BCUT2D eigenvalue weighted by atomic mass is 32.2. The fourth-order valence-corrected chi connectivity index (χ4v) is 5.14. The van der Waals surface area contributed by atoms with Crippen LogP contribution >= 0.6 is 11.8 Å². The van der Waals surface area contributed by atoms with Crippen LogP contribution in [-0.2, 0) is 6.54 Å². The zero-order valence-electron chi connectivity index (χ0n) is 19.7. The molecule has 0 saturated carbocycles. The molecule has 4 rings (SSSR count). The Hall–Kier alpha value is -2.76. The Morgan fingerprint density at radius 2 is 1.28 bits per heavy atom. The number of nitrogens with zero attached hydrogens (tertiary/aromatic N) is 4. The lowest BCUT2D eigenvalue weighted by Crippen LogP contribution is -2.20. The Kier molecular flexibility index (Phi) is 6.87. The summed E-state index contributed by atoms with van der Waals surface area (Å²) in [4.78, 5) is 13.0. The summed E-state index contributed by atoms with van der Waals surface area (Å²) in [6.07, 6.45) is 0. The molecule has 0 aliphatic carbocycles. The molecule has 0 bridgehead atoms. The highest BCUT2D eigenvalue weighted by Gasteiger charge is 2.13. The van der Waals surface area contributed by atoms with Gasteiger partial charge in [-0.1, -0.05) is 30.3 Å². The Bertz CT molecular complexity index is 1140. The molecular formula is C27H32N4S. The minimum Gasteiger partial charge on any atom is -0.378 e. The minimum atomic E-state index is 0.970. The van der Waals surface area contributed by atoms with Crippen molar-refractivity contribution in [2.24, 2.45) is 0 Å². The second kappa shape index (κ2) is 9.80. The monoisotopic (exact) mass is 444 g/mol. The number of thioether (sulfide) groups is 1. The topological polar surface area (TPSA) is 22.6 Å². The first-order valence-electron chi connectivity index (χ1n) is 11.0. The zero-order chi connectivity index (χ0) is 22.7. The maximum absolute atomic E-state index is 5.05. The zero-order valence-corrected chi connectivity index (χ0v) is 20.5. The van der Waals surface area contributed by atoms with E-state index in [0.29, 0.717) is 0 Å². The summed E-state index contributed by atoms with van der Waals surface area (Å²) in [7, 11) is 10.5. The van der Waals surface area contributed by atoms with Crippen LogP contribution in [0, 0.1) is 0 Å². The first-order chi connectivity index (χ1) is 15.4. The number of pyridine rings is 1. The summed E-state index contributed by atoms with van der Waals surface area (Å²) in [5, 5.41) is 2.47. The van der Waals surface area contributed by atoms with E-state index in [-0.39, 0.29) is 0 Å². The first-order valence-corrected chi connectivity index (χ1v) is 12.0. The molecular weight excluding hydrogens is 412 g/mol. The van der Waals surface area contributed by atoms with Gasteiger partial charge in [0.1, 0.15) is 0 Å². The largest absolute Gasteiger partial charge is 0.378 e. The van der Waals surface area contributed by atoms with E-state index in [1.54, 1.807) is 0 Å². The number of anilines is 2. The number of hydrogen-bond donors (Lipinski definition) is 0. The SMILES string of the molecule is CN(CCSc1c2ccc(N(C)C)cc2nc2cc(N(C)C)ccc12)Cc1ccccc1. The van der Waals surface area contributed by atoms with Crippen molar-refractivity contribution in [1.29, 1.82) is 0 Å². The van der Waals surface area contributed by atoms with Crippen LogP contribution in [0.4, 0.5) is 11.4 Å². The summed E-state index contributed by atoms with van der Waals surface area (Å²) in [5.41, 5.74) is 5.81. The van der Waals surface area contributed by atoms with Gasteiger partial charge in [0.2, 0.25) is 0 Å². The molecule has 0 atom stereocenters. The average molecular weight is 445 g/mol. The summed E-state index contributed by atoms with van der Waals surface area (Å²) < 4.78 is 0. The molecule has 0 radical (unpaired) electrons. The van der Waals surface area contributed by atoms with Crippen molar-refractivity contribution in [2.45, 2.75) is 11.4 Å². The summed E-state index contributed by atoms with van der Waals surface area (Å²) in [5.74, 6) is 1.03. The van der Waals surface area contributed by atoms with Gasteiger partial charge >= 0.3 is 0 Å². The lowest BCUT2D eigenvalue weighted by molar-refractivity contribution is 0.349. The van der Waals surface area contributed by atoms with Crippen LogP contribution in [0.1, 0.15) is 5.56 Å². The van der Waals surface area contributed by atoms with Crippen molar-refractivity contribution in [1.82, 2.24) is 9.88 Å². The Labute approximate surface area is 195 Å². The van der Waals surface area contributed by atoms with E-state index in [1.165, 1.54) is 32.6 Å². The highest BCUT2D eigenvalue weighted by molar-refractivity contribution is 7.99. The molecule has 166 valence electrons. The molecule has 0 aliphatic heterocycles. The number of hydrogen-bond acceptors (Lipinski definition) is 5. The van der Waals surface area contributed by atoms with Crippen molar-refractivity contribution in [3.63, 3.8) is 0 Å². The lowest BCUT2D eigenvalue weighted by Gasteiger charge is -2.19. The lowest BCUT2D eigenvalue weighted by atomic mass is 10.1. The predicted octanol–water partition coefficient (Wildman–Crippen LogP) is 5.74. The van der Waals surface area contributed by atoms with Gasteiger partial charge in [-0.05, 0) is 49.0 Å². The third-order valence-electron chi connectivity index (χ3n) is 5.74. The van der Waals surface area contributed by atoms with Gasteiger partial charge < -0.3 is 14.7 Å². The van der Waals surface area contributed by atoms with Gasteiger partial charge in [0.15, 0.2) is 0 Å². The van der Waals surface area contributed by atoms with E-state index in [0.717, 1.165) is 29.9 Å². The first kappa shape index (κ1) is 22.4. The van der Waals surface area contributed by atoms with Crippen LogP contribution in [0.5, 0.6) is 0 Å². The van der Waals surface area contributed by atoms with Gasteiger partial charge in [-0.25, -0.2) is 4.98 Å². The Morgan fingerprint density at radius 3 is 1.81 bits per heavy atom. The normalized spacial score (nSPS) is 11.4. The van der Waals surface area contributed by atoms with Gasteiger partial charge in [0, 0.05) is 74.1 Å². The van der Waals surface area contributed by atoms with E-state index in [1.807, 2.05) is 11.8 Å². The van der Waals surface area contributed by atoms with Crippen LogP contribution in [-0.4, -0.2) is 57.4 Å². The third kappa shape index (κ3) is 5.00. The van der Waals surface area contributed by atoms with Gasteiger partial charge in [0.05, 0.1) is 11.0 Å². The van der Waals surface area contributed by atoms with Crippen molar-refractivity contribution in [2.75, 3.05) is 57.3 Å². The molecule has 5 heteroatoms. The molecule has 1 heterocycles. The fraction of sp³-hybridized carbons (Fsp3) is 0.296. The van der Waals surface area contributed by atoms with Crippen molar-refractivity contribution in [3.8, 4) is 0 Å². The predicted molar refractivity (Wildman–Crippen MR) is 141 cm³/mol. The van der Waals surface area contributed by atoms with Gasteiger partial charge in [-0.3, -0.25) is 0 Å². The Balaban J connectivity index is 1.64. The molecule has 0 N–H and O–H groups in total. The maximum Gasteiger partial charge on any atom is 0.0741 e. The molecule has 0 spiro atoms. The molecule has 0 unspecified atom stereocenters. The number of fused-ring (bicyclic) bond motifs is 2. The van der Waals surface area contributed by atoms with Crippen LogP contribution in [0.15, 0.2) is 71.6 Å². The molecule has 0 fully saturated rings. The molecule has 0 saturated heterocycles. The van der Waals surface area contributed by atoms with Crippen LogP contribution < -0.4 is 9.80 Å². The van der Waals surface area contributed by atoms with Gasteiger partial charge in [-0.2, -0.15) is 0 Å². The van der Waals surface area contributed by atoms with Crippen LogP contribution in [0.3, 0.4) is 0 Å². The molecule has 0 amide bonds. The number of benzene rings is 3. The standard InChI is InChI=1S/C27H32N4S/c1-29(2)21-11-13-23-25(17-21)28-26-18-22(30(3)4)12-14-24(26)27(23)32-16-15-31(5)19-20-9-7-6-8-10-20/h6-14,17-18H,15-16,19H2,1-5H3. The molecule has 1 aromatic heterocycles. The van der Waals surface area contributed by atoms with Gasteiger partial charge in [0.25, 0.3) is 0 Å². The van der Waals surface area contributed by atoms with Crippen molar-refractivity contribution < 1.29 is 0 Å². The molecule has 32 heavy (non-hydrogen) atoms. The highest BCUT2D eigenvalue weighted by Crippen LogP contribution is 2.36. The second-order valence-corrected chi connectivity index (χ2v) is 9.81. The smallest absolute Gasteiger partial charge is 0.0741 e. The summed E-state index contributed by atoms with van der Waals surface area (Å²) >= 11 is 1.94. The molecule has 3 aromatic carbocycles. The quantitative estimate of drug-likeness (QED) is 0.254. The number of aromatic nitrogens is 1. The third-order valence-corrected chi connectivity index (χ3v) is 6.86. The van der Waals surface area contributed by atoms with E-state index in [2.05, 4.69) is 117 Å². The molecule has 0 aliphatic rings. The van der Waals surface area contributed by atoms with Gasteiger partial charge in [-0.15, -0.1) is 11.8 Å². The van der Waals surface area contributed by atoms with E-state index in [4.69, 9.17) is 4.98 Å². The summed E-state index contributed by atoms with van der Waals surface area (Å²) in [6.45, 7) is 1.99. The van der Waals surface area contributed by atoms with Crippen molar-refractivity contribution >= 4 is 44.9 Å². The van der Waals surface area contributed by atoms with Crippen LogP contribution in [0.25, 0.3) is 21.8 Å². The molecule has 4 aromatic rings. The van der Waals surface area contributed by atoms with Crippen molar-refractivity contribution in [3.05, 3.63) is 72.3 Å². The second-order valence-electron chi connectivity index (χ2n) is 8.70. The van der Waals surface area contributed by atoms with E-state index < -0.39 is 0 Å². The molecule has 4 nitrogen and oxygen atoms in total. The maximum atomic E-state index is 5.05. The number of rotatable bonds is 8. The Morgan fingerprint density at radius 1 is 0.719 bits per heavy atom. The average Bonchev–Trinajstić information content (AvgIpc) is 2.78. The van der Waals surface area contributed by atoms with E-state index in [9.17, 15) is 0 Å².